The maximum absolute atomic E-state index is 12.6. The Balaban J connectivity index is 1.41. The molecule has 4 saturated carbocycles. The number of ether oxygens (including phenoxy) is 2. The summed E-state index contributed by atoms with van der Waals surface area (Å²) in [7, 11) is 0. The van der Waals surface area contributed by atoms with Crippen LogP contribution in [0.25, 0.3) is 6.08 Å². The smallest absolute Gasteiger partial charge is 0.344 e. The van der Waals surface area contributed by atoms with Crippen LogP contribution in [0.5, 0.6) is 5.75 Å². The van der Waals surface area contributed by atoms with Gasteiger partial charge in [0, 0.05) is 0 Å². The molecule has 0 N–H and O–H groups in total. The van der Waals surface area contributed by atoms with E-state index in [9.17, 15) is 4.79 Å². The average molecular weight is 340 g/mol. The Kier molecular flexibility index (Phi) is 4.35. The number of esters is 1. The van der Waals surface area contributed by atoms with E-state index in [1.807, 2.05) is 24.3 Å². The molecule has 0 amide bonds. The first-order valence-corrected chi connectivity index (χ1v) is 9.70. The van der Waals surface area contributed by atoms with Gasteiger partial charge < -0.3 is 9.47 Å². The minimum absolute atomic E-state index is 0.0192. The third kappa shape index (κ3) is 2.98. The maximum atomic E-state index is 12.6. The zero-order valence-corrected chi connectivity index (χ0v) is 15.1. The van der Waals surface area contributed by atoms with Crippen molar-refractivity contribution < 1.29 is 14.3 Å². The maximum Gasteiger partial charge on any atom is 0.344 e. The second kappa shape index (κ2) is 6.51. The molecule has 0 spiro atoms. The number of hydrogen-bond acceptors (Lipinski definition) is 3. The summed E-state index contributed by atoms with van der Waals surface area (Å²) in [5, 5.41) is 0. The minimum atomic E-state index is -0.239. The molecule has 3 heteroatoms. The van der Waals surface area contributed by atoms with Crippen molar-refractivity contribution >= 4 is 12.0 Å². The number of benzene rings is 1. The summed E-state index contributed by atoms with van der Waals surface area (Å²) in [6.45, 7) is 5.92. The molecule has 4 bridgehead atoms. The van der Waals surface area contributed by atoms with E-state index < -0.39 is 0 Å². The Bertz CT molecular complexity index is 635. The van der Waals surface area contributed by atoms with Crippen LogP contribution in [-0.2, 0) is 9.53 Å². The van der Waals surface area contributed by atoms with Gasteiger partial charge in [-0.1, -0.05) is 31.7 Å². The fraction of sp³-hybridized carbons (Fsp3) is 0.591. The van der Waals surface area contributed by atoms with Crippen molar-refractivity contribution in [1.82, 2.24) is 0 Å². The minimum Gasteiger partial charge on any atom is -0.482 e. The second-order valence-electron chi connectivity index (χ2n) is 8.15. The van der Waals surface area contributed by atoms with Crippen LogP contribution >= 0.6 is 0 Å². The molecule has 5 rings (SSSR count). The molecule has 0 aliphatic heterocycles. The highest BCUT2D eigenvalue weighted by Gasteiger charge is 2.58. The van der Waals surface area contributed by atoms with E-state index >= 15 is 0 Å². The van der Waals surface area contributed by atoms with Crippen LogP contribution in [0.3, 0.4) is 0 Å². The van der Waals surface area contributed by atoms with Crippen LogP contribution in [0.15, 0.2) is 30.8 Å². The molecule has 0 radical (unpaired) electrons. The van der Waals surface area contributed by atoms with Gasteiger partial charge in [0.2, 0.25) is 0 Å². The van der Waals surface area contributed by atoms with Gasteiger partial charge in [-0.05, 0) is 79.9 Å². The van der Waals surface area contributed by atoms with Crippen LogP contribution in [0, 0.1) is 23.7 Å². The molecule has 4 fully saturated rings. The molecule has 0 atom stereocenters. The van der Waals surface area contributed by atoms with Crippen molar-refractivity contribution in [3.05, 3.63) is 36.4 Å². The van der Waals surface area contributed by atoms with E-state index in [1.165, 1.54) is 32.1 Å². The van der Waals surface area contributed by atoms with E-state index in [1.54, 1.807) is 6.08 Å². The van der Waals surface area contributed by atoms with Crippen LogP contribution in [0.4, 0.5) is 0 Å². The molecule has 1 aromatic carbocycles. The zero-order valence-electron chi connectivity index (χ0n) is 15.1. The van der Waals surface area contributed by atoms with Crippen LogP contribution in [0.2, 0.25) is 0 Å². The first-order valence-electron chi connectivity index (χ1n) is 9.70. The van der Waals surface area contributed by atoms with Gasteiger partial charge in [-0.25, -0.2) is 4.79 Å². The summed E-state index contributed by atoms with van der Waals surface area (Å²) < 4.78 is 11.8. The second-order valence-corrected chi connectivity index (χ2v) is 8.15. The van der Waals surface area contributed by atoms with E-state index in [2.05, 4.69) is 13.5 Å². The molecule has 0 unspecified atom stereocenters. The quantitative estimate of drug-likeness (QED) is 0.694. The number of carbonyl (C=O) groups is 1. The molecule has 25 heavy (non-hydrogen) atoms. The van der Waals surface area contributed by atoms with E-state index in [0.29, 0.717) is 17.6 Å². The fourth-order valence-corrected chi connectivity index (χ4v) is 5.91. The highest BCUT2D eigenvalue weighted by Crippen LogP contribution is 2.60. The van der Waals surface area contributed by atoms with Gasteiger partial charge in [0.25, 0.3) is 0 Å². The molecular weight excluding hydrogens is 312 g/mol. The van der Waals surface area contributed by atoms with Gasteiger partial charge >= 0.3 is 5.97 Å². The van der Waals surface area contributed by atoms with Gasteiger partial charge in [-0.15, -0.1) is 0 Å². The predicted octanol–water partition coefficient (Wildman–Crippen LogP) is 4.86. The summed E-state index contributed by atoms with van der Waals surface area (Å²) >= 11 is 0. The van der Waals surface area contributed by atoms with Crippen molar-refractivity contribution in [3.8, 4) is 5.75 Å². The Hall–Kier alpha value is -1.77. The SMILES string of the molecule is C=Cc1cccc(OCC(=O)OC2(CC)C3CC4CC(C3)CC2C4)c1. The first-order chi connectivity index (χ1) is 12.1. The molecule has 0 aromatic heterocycles. The number of rotatable bonds is 6. The topological polar surface area (TPSA) is 35.5 Å². The lowest BCUT2D eigenvalue weighted by atomic mass is 9.49. The summed E-state index contributed by atoms with van der Waals surface area (Å²) in [6, 6.07) is 7.61. The molecular formula is C22H28O3. The lowest BCUT2D eigenvalue weighted by Crippen LogP contribution is -2.59. The zero-order chi connectivity index (χ0) is 17.4. The average Bonchev–Trinajstić information content (AvgIpc) is 2.63. The molecule has 3 nitrogen and oxygen atoms in total. The molecule has 0 heterocycles. The Morgan fingerprint density at radius 3 is 2.48 bits per heavy atom. The molecule has 4 aliphatic rings. The van der Waals surface area contributed by atoms with Gasteiger partial charge in [0.1, 0.15) is 11.4 Å². The normalized spacial score (nSPS) is 35.4. The lowest BCUT2D eigenvalue weighted by molar-refractivity contribution is -0.212. The van der Waals surface area contributed by atoms with Crippen molar-refractivity contribution in [2.24, 2.45) is 23.7 Å². The summed E-state index contributed by atoms with van der Waals surface area (Å²) in [5.74, 6) is 3.32. The van der Waals surface area contributed by atoms with Crippen molar-refractivity contribution in [2.45, 2.75) is 51.0 Å². The molecule has 0 saturated heterocycles. The van der Waals surface area contributed by atoms with E-state index in [4.69, 9.17) is 9.47 Å². The Morgan fingerprint density at radius 2 is 1.88 bits per heavy atom. The van der Waals surface area contributed by atoms with Gasteiger partial charge in [0.15, 0.2) is 6.61 Å². The largest absolute Gasteiger partial charge is 0.482 e. The first kappa shape index (κ1) is 16.7. The Morgan fingerprint density at radius 1 is 1.20 bits per heavy atom. The van der Waals surface area contributed by atoms with Crippen LogP contribution < -0.4 is 4.74 Å². The summed E-state index contributed by atoms with van der Waals surface area (Å²) in [6.07, 6.45) is 9.09. The predicted molar refractivity (Wildman–Crippen MR) is 98.2 cm³/mol. The highest BCUT2D eigenvalue weighted by atomic mass is 16.6. The summed E-state index contributed by atoms with van der Waals surface area (Å²) in [4.78, 5) is 12.6. The van der Waals surface area contributed by atoms with E-state index in [0.717, 1.165) is 23.8 Å². The molecule has 134 valence electrons. The lowest BCUT2D eigenvalue weighted by Gasteiger charge is -2.60. The molecule has 1 aromatic rings. The highest BCUT2D eigenvalue weighted by molar-refractivity contribution is 5.72. The monoisotopic (exact) mass is 340 g/mol. The van der Waals surface area contributed by atoms with Crippen LogP contribution in [-0.4, -0.2) is 18.2 Å². The molecule has 4 aliphatic carbocycles. The van der Waals surface area contributed by atoms with Gasteiger partial charge in [-0.3, -0.25) is 0 Å². The third-order valence-corrected chi connectivity index (χ3v) is 6.83. The van der Waals surface area contributed by atoms with Crippen molar-refractivity contribution in [2.75, 3.05) is 6.61 Å². The van der Waals surface area contributed by atoms with Crippen LogP contribution in [0.1, 0.15) is 51.0 Å². The fourth-order valence-electron chi connectivity index (χ4n) is 5.91. The van der Waals surface area contributed by atoms with Crippen molar-refractivity contribution in [1.29, 1.82) is 0 Å². The number of carbonyl (C=O) groups excluding carboxylic acids is 1. The number of hydrogen-bond donors (Lipinski definition) is 0. The van der Waals surface area contributed by atoms with Gasteiger partial charge in [-0.2, -0.15) is 0 Å². The van der Waals surface area contributed by atoms with Crippen molar-refractivity contribution in [3.63, 3.8) is 0 Å². The van der Waals surface area contributed by atoms with Gasteiger partial charge in [0.05, 0.1) is 0 Å². The summed E-state index contributed by atoms with van der Waals surface area (Å²) in [5.41, 5.74) is 0.744. The third-order valence-electron chi connectivity index (χ3n) is 6.83. The standard InChI is InChI=1S/C22H28O3/c1-3-15-6-5-7-20(13-15)24-14-21(23)25-22(4-2)18-9-16-8-17(11-18)12-19(22)10-16/h3,5-7,13,16-19H,1,4,8-12,14H2,2H3. The van der Waals surface area contributed by atoms with E-state index in [-0.39, 0.29) is 18.2 Å². The Labute approximate surface area is 150 Å².